The summed E-state index contributed by atoms with van der Waals surface area (Å²) in [4.78, 5) is 2.22. The molecule has 0 heterocycles. The Morgan fingerprint density at radius 3 is 1.23 bits per heavy atom. The zero-order chi connectivity index (χ0) is 34.5. The molecule has 0 saturated carbocycles. The maximum atomic E-state index is 11.6. The van der Waals surface area contributed by atoms with Gasteiger partial charge in [-0.1, -0.05) is 146 Å². The monoisotopic (exact) mass is 658 g/mol. The Bertz CT molecular complexity index is 689. The number of rotatable bonds is 36. The van der Waals surface area contributed by atoms with Crippen LogP contribution in [0, 0.1) is 0 Å². The van der Waals surface area contributed by atoms with E-state index in [0.29, 0.717) is 0 Å². The van der Waals surface area contributed by atoms with Crippen LogP contribution in [0.5, 0.6) is 0 Å². The molecule has 0 aromatic heterocycles. The minimum absolute atomic E-state index is 0.136. The highest BCUT2D eigenvalue weighted by atomic mass is 16.6. The van der Waals surface area contributed by atoms with Crippen LogP contribution < -0.4 is 0 Å². The first-order valence-electron chi connectivity index (χ1n) is 20.6. The highest BCUT2D eigenvalue weighted by Gasteiger charge is 2.30. The van der Waals surface area contributed by atoms with Crippen LogP contribution in [-0.4, -0.2) is 42.5 Å². The SMILES string of the molecule is CCCCC/C=C\C/C=C\CCCCCCCCC(O)(CCCCCCCC/C=C\C/C=C\CCCCC)O[C@H](CC)CCN(C)C. The molecule has 47 heavy (non-hydrogen) atoms. The molecule has 0 unspecified atom stereocenters. The van der Waals surface area contributed by atoms with E-state index in [1.807, 2.05) is 0 Å². The molecule has 0 radical (unpaired) electrons. The fourth-order valence-corrected chi connectivity index (χ4v) is 6.08. The molecule has 0 aliphatic rings. The van der Waals surface area contributed by atoms with Gasteiger partial charge in [0.2, 0.25) is 0 Å². The molecule has 0 amide bonds. The summed E-state index contributed by atoms with van der Waals surface area (Å²) in [6, 6.07) is 0. The predicted molar refractivity (Wildman–Crippen MR) is 211 cm³/mol. The largest absolute Gasteiger partial charge is 0.365 e. The van der Waals surface area contributed by atoms with Crippen LogP contribution in [-0.2, 0) is 4.74 Å². The average Bonchev–Trinajstić information content (AvgIpc) is 3.06. The molecule has 0 aromatic rings. The Balaban J connectivity index is 4.21. The van der Waals surface area contributed by atoms with E-state index in [2.05, 4.69) is 88.4 Å². The first-order valence-corrected chi connectivity index (χ1v) is 20.6. The van der Waals surface area contributed by atoms with Crippen LogP contribution in [0.1, 0.15) is 201 Å². The third-order valence-corrected chi connectivity index (χ3v) is 9.28. The van der Waals surface area contributed by atoms with E-state index in [1.165, 1.54) is 128 Å². The number of hydrogen-bond donors (Lipinski definition) is 1. The number of hydrogen-bond acceptors (Lipinski definition) is 3. The smallest absolute Gasteiger partial charge is 0.165 e. The van der Waals surface area contributed by atoms with Crippen molar-refractivity contribution in [3.63, 3.8) is 0 Å². The van der Waals surface area contributed by atoms with E-state index in [9.17, 15) is 5.11 Å². The number of ether oxygens (including phenoxy) is 1. The standard InChI is InChI=1S/C44H83NO2/c1-6-9-11-13-15-17-19-21-23-25-27-29-31-33-35-37-40-44(46,47-43(8-3)39-42-45(4)5)41-38-36-34-32-30-28-26-24-22-20-18-16-14-12-10-7-2/h15-18,21-24,43,46H,6-14,19-20,25-42H2,1-5H3/b17-15-,18-16-,23-21-,24-22-/t43-/m1/s1. The minimum atomic E-state index is -0.961. The average molecular weight is 658 g/mol. The third-order valence-electron chi connectivity index (χ3n) is 9.28. The Morgan fingerprint density at radius 1 is 0.511 bits per heavy atom. The molecular weight excluding hydrogens is 574 g/mol. The van der Waals surface area contributed by atoms with Gasteiger partial charge in [-0.05, 0) is 111 Å². The normalized spacial score (nSPS) is 13.5. The van der Waals surface area contributed by atoms with Crippen LogP contribution in [0.4, 0.5) is 0 Å². The molecule has 0 rings (SSSR count). The number of unbranched alkanes of at least 4 members (excludes halogenated alkanes) is 18. The summed E-state index contributed by atoms with van der Waals surface area (Å²) in [5, 5.41) is 11.6. The summed E-state index contributed by atoms with van der Waals surface area (Å²) >= 11 is 0. The Kier molecular flexibility index (Phi) is 35.2. The van der Waals surface area contributed by atoms with Crippen molar-refractivity contribution in [2.24, 2.45) is 0 Å². The molecule has 0 fully saturated rings. The van der Waals surface area contributed by atoms with Gasteiger partial charge in [0.05, 0.1) is 6.10 Å². The number of nitrogens with zero attached hydrogens (tertiary/aromatic N) is 1. The van der Waals surface area contributed by atoms with Gasteiger partial charge in [-0.3, -0.25) is 0 Å². The zero-order valence-corrected chi connectivity index (χ0v) is 32.5. The fourth-order valence-electron chi connectivity index (χ4n) is 6.08. The fraction of sp³-hybridized carbons (Fsp3) is 0.818. The summed E-state index contributed by atoms with van der Waals surface area (Å²) in [5.41, 5.74) is 0. The molecule has 3 nitrogen and oxygen atoms in total. The maximum Gasteiger partial charge on any atom is 0.165 e. The van der Waals surface area contributed by atoms with E-state index in [0.717, 1.165) is 57.9 Å². The van der Waals surface area contributed by atoms with Crippen molar-refractivity contribution < 1.29 is 9.84 Å². The van der Waals surface area contributed by atoms with Crippen molar-refractivity contribution in [2.75, 3.05) is 20.6 Å². The van der Waals surface area contributed by atoms with Crippen LogP contribution in [0.3, 0.4) is 0 Å². The summed E-state index contributed by atoms with van der Waals surface area (Å²) < 4.78 is 6.49. The van der Waals surface area contributed by atoms with Crippen molar-refractivity contribution in [3.8, 4) is 0 Å². The van der Waals surface area contributed by atoms with Crippen molar-refractivity contribution in [3.05, 3.63) is 48.6 Å². The Labute approximate surface area is 295 Å². The molecule has 0 aromatic carbocycles. The van der Waals surface area contributed by atoms with Crippen LogP contribution in [0.2, 0.25) is 0 Å². The predicted octanol–water partition coefficient (Wildman–Crippen LogP) is 13.8. The van der Waals surface area contributed by atoms with Crippen LogP contribution in [0.25, 0.3) is 0 Å². The van der Waals surface area contributed by atoms with E-state index < -0.39 is 5.79 Å². The number of aliphatic hydroxyl groups is 1. The number of allylic oxidation sites excluding steroid dienone is 8. The topological polar surface area (TPSA) is 32.7 Å². The van der Waals surface area contributed by atoms with Gasteiger partial charge in [0.15, 0.2) is 5.79 Å². The summed E-state index contributed by atoms with van der Waals surface area (Å²) in [6.45, 7) is 7.73. The molecule has 0 aliphatic carbocycles. The first-order chi connectivity index (χ1) is 23.0. The van der Waals surface area contributed by atoms with E-state index >= 15 is 0 Å². The lowest BCUT2D eigenvalue weighted by atomic mass is 9.98. The highest BCUT2D eigenvalue weighted by molar-refractivity contribution is 4.93. The van der Waals surface area contributed by atoms with E-state index in [4.69, 9.17) is 4.74 Å². The zero-order valence-electron chi connectivity index (χ0n) is 32.5. The van der Waals surface area contributed by atoms with Gasteiger partial charge in [0.1, 0.15) is 0 Å². The molecule has 0 spiro atoms. The van der Waals surface area contributed by atoms with Crippen molar-refractivity contribution in [1.82, 2.24) is 4.90 Å². The molecule has 3 heteroatoms. The minimum Gasteiger partial charge on any atom is -0.365 e. The molecular formula is C44H83NO2. The van der Waals surface area contributed by atoms with Gasteiger partial charge < -0.3 is 14.7 Å². The lowest BCUT2D eigenvalue weighted by Gasteiger charge is -2.33. The van der Waals surface area contributed by atoms with Crippen molar-refractivity contribution in [2.45, 2.75) is 212 Å². The molecule has 0 aliphatic heterocycles. The summed E-state index contributed by atoms with van der Waals surface area (Å²) in [6.07, 6.45) is 52.2. The summed E-state index contributed by atoms with van der Waals surface area (Å²) in [5.74, 6) is -0.961. The van der Waals surface area contributed by atoms with E-state index in [-0.39, 0.29) is 6.10 Å². The van der Waals surface area contributed by atoms with Crippen LogP contribution in [0.15, 0.2) is 48.6 Å². The van der Waals surface area contributed by atoms with Crippen LogP contribution >= 0.6 is 0 Å². The van der Waals surface area contributed by atoms with Gasteiger partial charge in [-0.25, -0.2) is 0 Å². The second-order valence-corrected chi connectivity index (χ2v) is 14.4. The Morgan fingerprint density at radius 2 is 0.872 bits per heavy atom. The maximum absolute atomic E-state index is 11.6. The van der Waals surface area contributed by atoms with Gasteiger partial charge in [-0.2, -0.15) is 0 Å². The lowest BCUT2D eigenvalue weighted by molar-refractivity contribution is -0.240. The van der Waals surface area contributed by atoms with Crippen molar-refractivity contribution >= 4 is 0 Å². The summed E-state index contributed by atoms with van der Waals surface area (Å²) in [7, 11) is 4.24. The van der Waals surface area contributed by atoms with Gasteiger partial charge in [-0.15, -0.1) is 0 Å². The van der Waals surface area contributed by atoms with Gasteiger partial charge in [0, 0.05) is 12.8 Å². The van der Waals surface area contributed by atoms with Crippen molar-refractivity contribution in [1.29, 1.82) is 0 Å². The Hall–Kier alpha value is -1.16. The molecule has 0 saturated heterocycles. The first kappa shape index (κ1) is 45.8. The van der Waals surface area contributed by atoms with Gasteiger partial charge in [0.25, 0.3) is 0 Å². The molecule has 1 atom stereocenters. The molecule has 276 valence electrons. The van der Waals surface area contributed by atoms with E-state index in [1.54, 1.807) is 0 Å². The van der Waals surface area contributed by atoms with Gasteiger partial charge >= 0.3 is 0 Å². The lowest BCUT2D eigenvalue weighted by Crippen LogP contribution is -2.37. The highest BCUT2D eigenvalue weighted by Crippen LogP contribution is 2.28. The molecule has 0 bridgehead atoms. The second kappa shape index (κ2) is 36.1. The second-order valence-electron chi connectivity index (χ2n) is 14.4. The quantitative estimate of drug-likeness (QED) is 0.0413. The third kappa shape index (κ3) is 34.5. The molecule has 1 N–H and O–H groups in total.